The third-order valence-electron chi connectivity index (χ3n) is 3.50. The summed E-state index contributed by atoms with van der Waals surface area (Å²) in [6.07, 6.45) is 2.80. The van der Waals surface area contributed by atoms with Gasteiger partial charge in [0.25, 0.3) is 0 Å². The minimum atomic E-state index is -0.902. The van der Waals surface area contributed by atoms with E-state index >= 15 is 0 Å². The van der Waals surface area contributed by atoms with Crippen LogP contribution >= 0.6 is 11.3 Å². The predicted octanol–water partition coefficient (Wildman–Crippen LogP) is 3.90. The first-order valence-electron chi connectivity index (χ1n) is 6.83. The number of thiophene rings is 1. The van der Waals surface area contributed by atoms with E-state index in [4.69, 9.17) is 0 Å². The Balaban J connectivity index is 1.98. The van der Waals surface area contributed by atoms with Gasteiger partial charge in [-0.05, 0) is 48.1 Å². The van der Waals surface area contributed by atoms with Crippen LogP contribution in [0.4, 0.5) is 0 Å². The van der Waals surface area contributed by atoms with E-state index in [2.05, 4.69) is 42.7 Å². The van der Waals surface area contributed by atoms with Crippen LogP contribution in [0, 0.1) is 0 Å². The molecule has 0 saturated heterocycles. The molecule has 1 aromatic heterocycles. The van der Waals surface area contributed by atoms with Crippen LogP contribution in [0.3, 0.4) is 0 Å². The second kappa shape index (κ2) is 7.16. The lowest BCUT2D eigenvalue weighted by Gasteiger charge is -2.14. The van der Waals surface area contributed by atoms with Crippen molar-refractivity contribution in [1.82, 2.24) is 5.32 Å². The fourth-order valence-electron chi connectivity index (χ4n) is 2.15. The Labute approximate surface area is 127 Å². The van der Waals surface area contributed by atoms with E-state index in [0.29, 0.717) is 6.04 Å². The van der Waals surface area contributed by atoms with Crippen LogP contribution in [0.15, 0.2) is 40.6 Å². The van der Waals surface area contributed by atoms with Crippen LogP contribution in [0.25, 0.3) is 0 Å². The summed E-state index contributed by atoms with van der Waals surface area (Å²) in [4.78, 5) is 2.30. The van der Waals surface area contributed by atoms with Crippen molar-refractivity contribution in [3.63, 3.8) is 0 Å². The number of benzene rings is 1. The van der Waals surface area contributed by atoms with E-state index in [1.54, 1.807) is 6.26 Å². The van der Waals surface area contributed by atoms with Gasteiger partial charge in [0.2, 0.25) is 0 Å². The number of aryl methyl sites for hydroxylation is 1. The van der Waals surface area contributed by atoms with Gasteiger partial charge in [0.05, 0.1) is 0 Å². The summed E-state index contributed by atoms with van der Waals surface area (Å²) in [5, 5.41) is 5.72. The van der Waals surface area contributed by atoms with E-state index in [0.717, 1.165) is 17.9 Å². The third-order valence-corrected chi connectivity index (χ3v) is 5.40. The van der Waals surface area contributed by atoms with E-state index in [-0.39, 0.29) is 0 Å². The Morgan fingerprint density at radius 2 is 1.95 bits per heavy atom. The Hall–Kier alpha value is -0.970. The first kappa shape index (κ1) is 15.4. The van der Waals surface area contributed by atoms with E-state index < -0.39 is 10.8 Å². The van der Waals surface area contributed by atoms with Gasteiger partial charge in [-0.2, -0.15) is 0 Å². The fourth-order valence-corrected chi connectivity index (χ4v) is 3.60. The smallest absolute Gasteiger partial charge is 0.0498 e. The number of nitrogens with one attached hydrogen (secondary N) is 1. The van der Waals surface area contributed by atoms with Gasteiger partial charge >= 0.3 is 0 Å². The molecule has 0 unspecified atom stereocenters. The summed E-state index contributed by atoms with van der Waals surface area (Å²) in [5.41, 5.74) is 2.67. The van der Waals surface area contributed by atoms with Gasteiger partial charge in [-0.25, -0.2) is 0 Å². The van der Waals surface area contributed by atoms with Crippen LogP contribution in [-0.4, -0.2) is 10.5 Å². The molecule has 0 saturated carbocycles. The first-order chi connectivity index (χ1) is 9.61. The molecule has 20 heavy (non-hydrogen) atoms. The summed E-state index contributed by atoms with van der Waals surface area (Å²) in [6.45, 7) is 5.26. The van der Waals surface area contributed by atoms with Crippen LogP contribution in [-0.2, 0) is 23.8 Å². The van der Waals surface area contributed by atoms with E-state index in [9.17, 15) is 4.21 Å². The third kappa shape index (κ3) is 3.78. The van der Waals surface area contributed by atoms with Crippen molar-refractivity contribution in [2.24, 2.45) is 0 Å². The first-order valence-corrected chi connectivity index (χ1v) is 9.27. The molecule has 0 aliphatic carbocycles. The molecule has 0 spiro atoms. The van der Waals surface area contributed by atoms with Crippen molar-refractivity contribution in [2.75, 3.05) is 6.26 Å². The zero-order valence-electron chi connectivity index (χ0n) is 12.2. The zero-order valence-corrected chi connectivity index (χ0v) is 13.8. The van der Waals surface area contributed by atoms with Gasteiger partial charge in [0.1, 0.15) is 0 Å². The maximum Gasteiger partial charge on any atom is 0.0498 e. The summed E-state index contributed by atoms with van der Waals surface area (Å²) < 4.78 is 11.4. The SMILES string of the molecule is CCc1ccsc1CN[C@H](C)c1ccc([S@](C)=O)cc1. The monoisotopic (exact) mass is 307 g/mol. The Kier molecular flexibility index (Phi) is 5.52. The molecule has 1 aromatic carbocycles. The average molecular weight is 307 g/mol. The van der Waals surface area contributed by atoms with Crippen molar-refractivity contribution >= 4 is 22.1 Å². The molecule has 1 N–H and O–H groups in total. The molecule has 0 aliphatic heterocycles. The second-order valence-electron chi connectivity index (χ2n) is 4.85. The lowest BCUT2D eigenvalue weighted by molar-refractivity contribution is 0.576. The highest BCUT2D eigenvalue weighted by Gasteiger charge is 2.08. The topological polar surface area (TPSA) is 29.1 Å². The molecular weight excluding hydrogens is 286 g/mol. The predicted molar refractivity (Wildman–Crippen MR) is 87.7 cm³/mol. The Morgan fingerprint density at radius 1 is 1.25 bits per heavy atom. The van der Waals surface area contributed by atoms with Crippen molar-refractivity contribution < 1.29 is 4.21 Å². The van der Waals surface area contributed by atoms with Gasteiger partial charge in [-0.15, -0.1) is 11.3 Å². The van der Waals surface area contributed by atoms with Crippen molar-refractivity contribution in [1.29, 1.82) is 0 Å². The number of rotatable bonds is 6. The largest absolute Gasteiger partial charge is 0.305 e. The van der Waals surface area contributed by atoms with Crippen molar-refractivity contribution in [3.8, 4) is 0 Å². The quantitative estimate of drug-likeness (QED) is 0.877. The van der Waals surface area contributed by atoms with Gasteiger partial charge < -0.3 is 5.32 Å². The number of hydrogen-bond acceptors (Lipinski definition) is 3. The highest BCUT2D eigenvalue weighted by molar-refractivity contribution is 7.84. The molecule has 2 aromatic rings. The molecule has 4 heteroatoms. The van der Waals surface area contributed by atoms with Crippen LogP contribution in [0.2, 0.25) is 0 Å². The molecule has 108 valence electrons. The average Bonchev–Trinajstić information content (AvgIpc) is 2.92. The van der Waals surface area contributed by atoms with Crippen LogP contribution in [0.1, 0.15) is 35.9 Å². The molecule has 0 radical (unpaired) electrons. The summed E-state index contributed by atoms with van der Waals surface area (Å²) in [5.74, 6) is 0. The molecule has 2 atom stereocenters. The summed E-state index contributed by atoms with van der Waals surface area (Å²) >= 11 is 1.81. The molecule has 2 rings (SSSR count). The van der Waals surface area contributed by atoms with E-state index in [1.807, 2.05) is 23.5 Å². The summed E-state index contributed by atoms with van der Waals surface area (Å²) in [7, 11) is -0.902. The Bertz CT molecular complexity index is 574. The lowest BCUT2D eigenvalue weighted by atomic mass is 10.1. The molecule has 1 heterocycles. The maximum atomic E-state index is 11.4. The fraction of sp³-hybridized carbons (Fsp3) is 0.375. The normalized spacial score (nSPS) is 14.2. The molecule has 0 fully saturated rings. The highest BCUT2D eigenvalue weighted by Crippen LogP contribution is 2.20. The van der Waals surface area contributed by atoms with Crippen LogP contribution in [0.5, 0.6) is 0 Å². The standard InChI is InChI=1S/C16H21NOS2/c1-4-13-9-10-19-16(13)11-17-12(2)14-5-7-15(8-6-14)20(3)18/h5-10,12,17H,4,11H2,1-3H3/t12-,20+/m1/s1. The minimum absolute atomic E-state index is 0.293. The molecule has 0 aliphatic rings. The molecule has 0 amide bonds. The minimum Gasteiger partial charge on any atom is -0.305 e. The van der Waals surface area contributed by atoms with Gasteiger partial charge in [-0.3, -0.25) is 4.21 Å². The van der Waals surface area contributed by atoms with Crippen molar-refractivity contribution in [2.45, 2.75) is 37.8 Å². The Morgan fingerprint density at radius 3 is 2.55 bits per heavy atom. The highest BCUT2D eigenvalue weighted by atomic mass is 32.2. The molecule has 0 bridgehead atoms. The zero-order chi connectivity index (χ0) is 14.5. The van der Waals surface area contributed by atoms with Crippen LogP contribution < -0.4 is 5.32 Å². The maximum absolute atomic E-state index is 11.4. The lowest BCUT2D eigenvalue weighted by Crippen LogP contribution is -2.18. The van der Waals surface area contributed by atoms with E-state index in [1.165, 1.54) is 16.0 Å². The number of hydrogen-bond donors (Lipinski definition) is 1. The second-order valence-corrected chi connectivity index (χ2v) is 7.23. The van der Waals surface area contributed by atoms with Gasteiger partial charge in [-0.1, -0.05) is 19.1 Å². The van der Waals surface area contributed by atoms with Gasteiger partial charge in [0.15, 0.2) is 0 Å². The van der Waals surface area contributed by atoms with Gasteiger partial charge in [0, 0.05) is 39.4 Å². The van der Waals surface area contributed by atoms with Crippen molar-refractivity contribution in [3.05, 3.63) is 51.7 Å². The molecule has 2 nitrogen and oxygen atoms in total. The molecular formula is C16H21NOS2. The summed E-state index contributed by atoms with van der Waals surface area (Å²) in [6, 6.07) is 10.5.